The Morgan fingerprint density at radius 1 is 0.431 bits per heavy atom. The first-order valence-corrected chi connectivity index (χ1v) is 17.7. The van der Waals surface area contributed by atoms with Gasteiger partial charge in [-0.2, -0.15) is 0 Å². The van der Waals surface area contributed by atoms with Gasteiger partial charge in [-0.15, -0.1) is 0 Å². The molecule has 0 saturated heterocycles. The van der Waals surface area contributed by atoms with Crippen LogP contribution in [-0.2, 0) is 5.41 Å². The molecule has 0 radical (unpaired) electrons. The molecule has 0 bridgehead atoms. The highest BCUT2D eigenvalue weighted by Gasteiger charge is 2.38. The molecule has 2 heteroatoms. The zero-order chi connectivity index (χ0) is 34.1. The highest BCUT2D eigenvalue weighted by atomic mass is 16.3. The highest BCUT2D eigenvalue weighted by molar-refractivity contribution is 6.06. The summed E-state index contributed by atoms with van der Waals surface area (Å²) in [7, 11) is 0. The number of anilines is 3. The molecule has 0 fully saturated rings. The molecule has 8 aromatic carbocycles. The van der Waals surface area contributed by atoms with Gasteiger partial charge < -0.3 is 9.32 Å². The lowest BCUT2D eigenvalue weighted by molar-refractivity contribution is 0.661. The molecule has 1 aromatic heterocycles. The number of benzene rings is 8. The second-order valence-electron chi connectivity index (χ2n) is 14.1. The number of furan rings is 1. The smallest absolute Gasteiger partial charge is 0.136 e. The Morgan fingerprint density at radius 2 is 1.10 bits per heavy atom. The SMILES string of the molecule is CC1(C)c2ccccc2-c2cccc(N(c3ccc(-c4ccc5c(c4)oc4ccccc45)cc3)c3cccc(-c4cccc5ccccc45)c3)c21. The van der Waals surface area contributed by atoms with E-state index in [1.807, 2.05) is 12.1 Å². The van der Waals surface area contributed by atoms with Crippen molar-refractivity contribution in [3.05, 3.63) is 187 Å². The van der Waals surface area contributed by atoms with Crippen molar-refractivity contribution >= 4 is 49.8 Å². The first-order valence-electron chi connectivity index (χ1n) is 17.7. The van der Waals surface area contributed by atoms with Gasteiger partial charge in [-0.1, -0.05) is 141 Å². The molecule has 9 aromatic rings. The fraction of sp³-hybridized carbons (Fsp3) is 0.0612. The Morgan fingerprint density at radius 3 is 2.00 bits per heavy atom. The minimum atomic E-state index is -0.171. The summed E-state index contributed by atoms with van der Waals surface area (Å²) >= 11 is 0. The monoisotopic (exact) mass is 653 g/mol. The first-order chi connectivity index (χ1) is 25.0. The van der Waals surface area contributed by atoms with Gasteiger partial charge in [-0.05, 0) is 104 Å². The molecule has 242 valence electrons. The van der Waals surface area contributed by atoms with Gasteiger partial charge in [-0.25, -0.2) is 0 Å². The second-order valence-corrected chi connectivity index (χ2v) is 14.1. The molecular weight excluding hydrogens is 619 g/mol. The van der Waals surface area contributed by atoms with Crippen LogP contribution in [0.2, 0.25) is 0 Å². The van der Waals surface area contributed by atoms with Crippen LogP contribution in [0.5, 0.6) is 0 Å². The molecule has 1 aliphatic carbocycles. The van der Waals surface area contributed by atoms with Gasteiger partial charge in [0.2, 0.25) is 0 Å². The largest absolute Gasteiger partial charge is 0.456 e. The molecule has 0 unspecified atom stereocenters. The molecule has 0 amide bonds. The molecule has 0 aliphatic heterocycles. The number of hydrogen-bond donors (Lipinski definition) is 0. The van der Waals surface area contributed by atoms with E-state index in [1.165, 1.54) is 49.8 Å². The summed E-state index contributed by atoms with van der Waals surface area (Å²) in [4.78, 5) is 2.45. The average Bonchev–Trinajstić information content (AvgIpc) is 3.67. The third-order valence-corrected chi connectivity index (χ3v) is 10.8. The summed E-state index contributed by atoms with van der Waals surface area (Å²) < 4.78 is 6.25. The van der Waals surface area contributed by atoms with Gasteiger partial charge in [0.25, 0.3) is 0 Å². The topological polar surface area (TPSA) is 16.4 Å². The predicted octanol–water partition coefficient (Wildman–Crippen LogP) is 13.8. The minimum absolute atomic E-state index is 0.171. The molecule has 0 spiro atoms. The average molecular weight is 654 g/mol. The minimum Gasteiger partial charge on any atom is -0.456 e. The quantitative estimate of drug-likeness (QED) is 0.184. The lowest BCUT2D eigenvalue weighted by Gasteiger charge is -2.32. The number of nitrogens with zero attached hydrogens (tertiary/aromatic N) is 1. The molecule has 0 atom stereocenters. The molecule has 2 nitrogen and oxygen atoms in total. The Balaban J connectivity index is 1.14. The van der Waals surface area contributed by atoms with E-state index in [0.29, 0.717) is 0 Å². The number of fused-ring (bicyclic) bond motifs is 7. The Bertz CT molecular complexity index is 2780. The lowest BCUT2D eigenvalue weighted by atomic mass is 9.81. The van der Waals surface area contributed by atoms with E-state index in [4.69, 9.17) is 4.42 Å². The van der Waals surface area contributed by atoms with Crippen LogP contribution < -0.4 is 4.90 Å². The lowest BCUT2D eigenvalue weighted by Crippen LogP contribution is -2.20. The van der Waals surface area contributed by atoms with E-state index in [-0.39, 0.29) is 5.41 Å². The fourth-order valence-electron chi connectivity index (χ4n) is 8.43. The van der Waals surface area contributed by atoms with Crippen molar-refractivity contribution in [1.82, 2.24) is 0 Å². The molecule has 1 heterocycles. The van der Waals surface area contributed by atoms with Crippen molar-refractivity contribution < 1.29 is 4.42 Å². The molecular formula is C49H35NO. The summed E-state index contributed by atoms with van der Waals surface area (Å²) in [6, 6.07) is 63.7. The van der Waals surface area contributed by atoms with Crippen LogP contribution in [0.4, 0.5) is 17.1 Å². The summed E-state index contributed by atoms with van der Waals surface area (Å²) in [5.41, 5.74) is 15.1. The van der Waals surface area contributed by atoms with Gasteiger partial charge >= 0.3 is 0 Å². The van der Waals surface area contributed by atoms with E-state index in [1.54, 1.807) is 0 Å². The molecule has 1 aliphatic rings. The molecule has 10 rings (SSSR count). The maximum Gasteiger partial charge on any atom is 0.136 e. The van der Waals surface area contributed by atoms with Crippen molar-refractivity contribution in [2.45, 2.75) is 19.3 Å². The van der Waals surface area contributed by atoms with Crippen LogP contribution >= 0.6 is 0 Å². The maximum absolute atomic E-state index is 6.25. The van der Waals surface area contributed by atoms with E-state index in [0.717, 1.165) is 44.4 Å². The van der Waals surface area contributed by atoms with Gasteiger partial charge in [0.05, 0.1) is 5.69 Å². The Hall–Kier alpha value is -6.38. The summed E-state index contributed by atoms with van der Waals surface area (Å²) in [5, 5.41) is 4.79. The van der Waals surface area contributed by atoms with E-state index < -0.39 is 0 Å². The van der Waals surface area contributed by atoms with Gasteiger partial charge in [0, 0.05) is 27.6 Å². The standard InChI is InChI=1S/C49H35NO/c1-49(2)44-21-7-5-17-40(44)43-20-11-22-45(48(43)49)50(37-15-9-14-35(30-37)39-19-10-13-33-12-3-4-16-38(33)39)36-27-24-32(25-28-36)34-26-29-42-41-18-6-8-23-46(41)51-47(42)31-34/h3-31H,1-2H3. The van der Waals surface area contributed by atoms with Crippen molar-refractivity contribution in [1.29, 1.82) is 0 Å². The van der Waals surface area contributed by atoms with Crippen molar-refractivity contribution in [3.63, 3.8) is 0 Å². The van der Waals surface area contributed by atoms with Crippen molar-refractivity contribution in [2.75, 3.05) is 4.90 Å². The van der Waals surface area contributed by atoms with Crippen LogP contribution in [0.1, 0.15) is 25.0 Å². The van der Waals surface area contributed by atoms with Gasteiger partial charge in [0.15, 0.2) is 0 Å². The van der Waals surface area contributed by atoms with Crippen LogP contribution in [0.3, 0.4) is 0 Å². The molecule has 51 heavy (non-hydrogen) atoms. The van der Waals surface area contributed by atoms with Crippen LogP contribution in [0, 0.1) is 0 Å². The Kier molecular flexibility index (Phi) is 6.56. The zero-order valence-corrected chi connectivity index (χ0v) is 28.6. The van der Waals surface area contributed by atoms with Crippen LogP contribution in [-0.4, -0.2) is 0 Å². The number of hydrogen-bond acceptors (Lipinski definition) is 2. The maximum atomic E-state index is 6.25. The van der Waals surface area contributed by atoms with E-state index in [2.05, 4.69) is 183 Å². The van der Waals surface area contributed by atoms with Crippen LogP contribution in [0.25, 0.3) is 66.1 Å². The summed E-state index contributed by atoms with van der Waals surface area (Å²) in [6.45, 7) is 4.73. The van der Waals surface area contributed by atoms with E-state index >= 15 is 0 Å². The molecule has 0 N–H and O–H groups in total. The van der Waals surface area contributed by atoms with E-state index in [9.17, 15) is 0 Å². The van der Waals surface area contributed by atoms with Crippen LogP contribution in [0.15, 0.2) is 180 Å². The zero-order valence-electron chi connectivity index (χ0n) is 28.6. The third-order valence-electron chi connectivity index (χ3n) is 10.8. The highest BCUT2D eigenvalue weighted by Crippen LogP contribution is 2.54. The van der Waals surface area contributed by atoms with Crippen molar-refractivity contribution in [2.24, 2.45) is 0 Å². The Labute approximate surface area is 297 Å². The third kappa shape index (κ3) is 4.64. The summed E-state index contributed by atoms with van der Waals surface area (Å²) in [5.74, 6) is 0. The van der Waals surface area contributed by atoms with Crippen molar-refractivity contribution in [3.8, 4) is 33.4 Å². The first kappa shape index (κ1) is 29.5. The fourth-order valence-corrected chi connectivity index (χ4v) is 8.43. The summed E-state index contributed by atoms with van der Waals surface area (Å²) in [6.07, 6.45) is 0. The van der Waals surface area contributed by atoms with Gasteiger partial charge in [-0.3, -0.25) is 0 Å². The predicted molar refractivity (Wildman–Crippen MR) is 214 cm³/mol. The number of rotatable bonds is 5. The normalized spacial score (nSPS) is 13.1. The number of para-hydroxylation sites is 1. The molecule has 0 saturated carbocycles. The second kappa shape index (κ2) is 11.3. The van der Waals surface area contributed by atoms with Gasteiger partial charge in [0.1, 0.15) is 11.2 Å².